The highest BCUT2D eigenvalue weighted by molar-refractivity contribution is 5.84. The van der Waals surface area contributed by atoms with Crippen molar-refractivity contribution in [3.05, 3.63) is 35.5 Å². The predicted octanol–water partition coefficient (Wildman–Crippen LogP) is 3.11. The molecule has 2 nitrogen and oxygen atoms in total. The first-order chi connectivity index (χ1) is 8.30. The van der Waals surface area contributed by atoms with Gasteiger partial charge in [0.05, 0.1) is 0 Å². The normalized spacial score (nSPS) is 11.2. The Morgan fingerprint density at radius 3 is 2.71 bits per heavy atom. The van der Waals surface area contributed by atoms with Crippen LogP contribution in [0.3, 0.4) is 0 Å². The largest absolute Gasteiger partial charge is 0.347 e. The lowest BCUT2D eigenvalue weighted by Crippen LogP contribution is -2.00. The van der Waals surface area contributed by atoms with Crippen LogP contribution in [0.1, 0.15) is 31.4 Å². The molecular weight excluding hydrogens is 208 g/mol. The number of nitrogens with zero attached hydrogens (tertiary/aromatic N) is 1. The molecule has 2 rings (SSSR count). The van der Waals surface area contributed by atoms with Gasteiger partial charge in [-0.2, -0.15) is 0 Å². The molecule has 0 unspecified atom stereocenters. The molecule has 17 heavy (non-hydrogen) atoms. The Kier molecular flexibility index (Phi) is 3.85. The van der Waals surface area contributed by atoms with Gasteiger partial charge in [-0.15, -0.1) is 0 Å². The summed E-state index contributed by atoms with van der Waals surface area (Å²) in [5, 5.41) is 1.42. The van der Waals surface area contributed by atoms with Crippen molar-refractivity contribution in [2.75, 3.05) is 6.54 Å². The van der Waals surface area contributed by atoms with Crippen molar-refractivity contribution in [3.8, 4) is 0 Å². The fraction of sp³-hybridized carbons (Fsp3) is 0.467. The molecule has 0 fully saturated rings. The molecule has 0 spiro atoms. The van der Waals surface area contributed by atoms with Crippen molar-refractivity contribution in [2.24, 2.45) is 5.73 Å². The van der Waals surface area contributed by atoms with Crippen molar-refractivity contribution >= 4 is 10.9 Å². The second-order valence-corrected chi connectivity index (χ2v) is 4.54. The minimum absolute atomic E-state index is 0.770. The van der Waals surface area contributed by atoms with E-state index in [9.17, 15) is 0 Å². The predicted molar refractivity (Wildman–Crippen MR) is 74.4 cm³/mol. The van der Waals surface area contributed by atoms with Gasteiger partial charge in [-0.3, -0.25) is 0 Å². The number of nitrogens with two attached hydrogens (primary N) is 1. The van der Waals surface area contributed by atoms with Gasteiger partial charge in [0.15, 0.2) is 0 Å². The van der Waals surface area contributed by atoms with Gasteiger partial charge in [-0.1, -0.05) is 13.0 Å². The van der Waals surface area contributed by atoms with Crippen LogP contribution in [0.25, 0.3) is 10.9 Å². The molecular formula is C15H22N2. The minimum Gasteiger partial charge on any atom is -0.347 e. The average Bonchev–Trinajstić information content (AvgIpc) is 2.73. The Hall–Kier alpha value is -1.28. The van der Waals surface area contributed by atoms with Gasteiger partial charge in [0, 0.05) is 23.6 Å². The summed E-state index contributed by atoms with van der Waals surface area (Å²) in [5.74, 6) is 0. The number of aryl methyl sites for hydroxylation is 3. The number of hydrogen-bond donors (Lipinski definition) is 1. The quantitative estimate of drug-likeness (QED) is 0.840. The third-order valence-corrected chi connectivity index (χ3v) is 3.43. The van der Waals surface area contributed by atoms with Gasteiger partial charge >= 0.3 is 0 Å². The summed E-state index contributed by atoms with van der Waals surface area (Å²) < 4.78 is 2.33. The van der Waals surface area contributed by atoms with Gasteiger partial charge < -0.3 is 10.3 Å². The van der Waals surface area contributed by atoms with Crippen LogP contribution >= 0.6 is 0 Å². The fourth-order valence-electron chi connectivity index (χ4n) is 2.39. The Balaban J connectivity index is 2.49. The van der Waals surface area contributed by atoms with E-state index in [0.29, 0.717) is 0 Å². The summed E-state index contributed by atoms with van der Waals surface area (Å²) in [6.45, 7) is 6.20. The van der Waals surface area contributed by atoms with E-state index in [1.54, 1.807) is 0 Å². The van der Waals surface area contributed by atoms with Crippen LogP contribution in [0, 0.1) is 0 Å². The highest BCUT2D eigenvalue weighted by atomic mass is 14.9. The highest BCUT2D eigenvalue weighted by Gasteiger charge is 2.07. The molecule has 0 aliphatic rings. The van der Waals surface area contributed by atoms with Crippen molar-refractivity contribution in [2.45, 2.75) is 39.7 Å². The summed E-state index contributed by atoms with van der Waals surface area (Å²) in [5.41, 5.74) is 9.83. The van der Waals surface area contributed by atoms with Crippen LogP contribution in [0.2, 0.25) is 0 Å². The van der Waals surface area contributed by atoms with Gasteiger partial charge in [0.1, 0.15) is 0 Å². The maximum absolute atomic E-state index is 5.61. The number of fused-ring (bicyclic) bond motifs is 1. The first-order valence-electron chi connectivity index (χ1n) is 6.60. The highest BCUT2D eigenvalue weighted by Crippen LogP contribution is 2.24. The van der Waals surface area contributed by atoms with E-state index < -0.39 is 0 Å². The second-order valence-electron chi connectivity index (χ2n) is 4.54. The lowest BCUT2D eigenvalue weighted by Gasteiger charge is -2.02. The van der Waals surface area contributed by atoms with Crippen molar-refractivity contribution in [1.82, 2.24) is 4.57 Å². The van der Waals surface area contributed by atoms with Crippen LogP contribution in [0.5, 0.6) is 0 Å². The summed E-state index contributed by atoms with van der Waals surface area (Å²) >= 11 is 0. The zero-order valence-corrected chi connectivity index (χ0v) is 10.9. The molecule has 0 bridgehead atoms. The molecule has 0 aliphatic carbocycles. The number of hydrogen-bond acceptors (Lipinski definition) is 1. The summed E-state index contributed by atoms with van der Waals surface area (Å²) in [7, 11) is 0. The van der Waals surface area contributed by atoms with Gasteiger partial charge in [-0.05, 0) is 56.0 Å². The monoisotopic (exact) mass is 230 g/mol. The molecule has 0 saturated carbocycles. The Morgan fingerprint density at radius 1 is 1.24 bits per heavy atom. The maximum atomic E-state index is 5.61. The van der Waals surface area contributed by atoms with Crippen molar-refractivity contribution in [1.29, 1.82) is 0 Å². The standard InChI is InChI=1S/C15H22N2/c1-3-12-7-8-15-14(10-12)13(6-5-9-16)11-17(15)4-2/h7-8,10-11H,3-6,9,16H2,1-2H3. The van der Waals surface area contributed by atoms with E-state index in [1.807, 2.05) is 0 Å². The number of aromatic nitrogens is 1. The first-order valence-corrected chi connectivity index (χ1v) is 6.60. The molecule has 1 heterocycles. The van der Waals surface area contributed by atoms with Crippen molar-refractivity contribution in [3.63, 3.8) is 0 Å². The second kappa shape index (κ2) is 5.37. The van der Waals surface area contributed by atoms with Gasteiger partial charge in [-0.25, -0.2) is 0 Å². The summed E-state index contributed by atoms with van der Waals surface area (Å²) in [6, 6.07) is 6.83. The molecule has 0 aliphatic heterocycles. The molecule has 2 aromatic rings. The molecule has 0 radical (unpaired) electrons. The molecule has 0 saturated heterocycles. The average molecular weight is 230 g/mol. The van der Waals surface area contributed by atoms with E-state index in [4.69, 9.17) is 5.73 Å². The Labute approximate surface area is 103 Å². The lowest BCUT2D eigenvalue weighted by molar-refractivity contribution is 0.781. The molecule has 2 heteroatoms. The minimum atomic E-state index is 0.770. The zero-order valence-electron chi connectivity index (χ0n) is 10.9. The van der Waals surface area contributed by atoms with Crippen LogP contribution in [0.15, 0.2) is 24.4 Å². The van der Waals surface area contributed by atoms with E-state index in [0.717, 1.165) is 32.4 Å². The van der Waals surface area contributed by atoms with E-state index >= 15 is 0 Å². The van der Waals surface area contributed by atoms with Gasteiger partial charge in [0.2, 0.25) is 0 Å². The van der Waals surface area contributed by atoms with Crippen LogP contribution in [0.4, 0.5) is 0 Å². The molecule has 1 aromatic carbocycles. The maximum Gasteiger partial charge on any atom is 0.0483 e. The lowest BCUT2D eigenvalue weighted by atomic mass is 10.0. The third-order valence-electron chi connectivity index (χ3n) is 3.43. The first kappa shape index (κ1) is 12.2. The van der Waals surface area contributed by atoms with Crippen LogP contribution < -0.4 is 5.73 Å². The molecule has 0 amide bonds. The molecule has 92 valence electrons. The number of rotatable bonds is 5. The van der Waals surface area contributed by atoms with E-state index in [-0.39, 0.29) is 0 Å². The number of benzene rings is 1. The molecule has 0 atom stereocenters. The molecule has 2 N–H and O–H groups in total. The summed E-state index contributed by atoms with van der Waals surface area (Å²) in [4.78, 5) is 0. The topological polar surface area (TPSA) is 30.9 Å². The van der Waals surface area contributed by atoms with Crippen LogP contribution in [-0.4, -0.2) is 11.1 Å². The van der Waals surface area contributed by atoms with E-state index in [1.165, 1.54) is 22.0 Å². The SMILES string of the molecule is CCc1ccc2c(c1)c(CCCN)cn2CC. The third kappa shape index (κ3) is 2.37. The fourth-order valence-corrected chi connectivity index (χ4v) is 2.39. The molecule has 1 aromatic heterocycles. The summed E-state index contributed by atoms with van der Waals surface area (Å²) in [6.07, 6.45) is 5.55. The van der Waals surface area contributed by atoms with Gasteiger partial charge in [0.25, 0.3) is 0 Å². The Morgan fingerprint density at radius 2 is 2.06 bits per heavy atom. The van der Waals surface area contributed by atoms with E-state index in [2.05, 4.69) is 42.8 Å². The smallest absolute Gasteiger partial charge is 0.0483 e. The zero-order chi connectivity index (χ0) is 12.3. The van der Waals surface area contributed by atoms with Crippen LogP contribution in [-0.2, 0) is 19.4 Å². The van der Waals surface area contributed by atoms with Crippen molar-refractivity contribution < 1.29 is 0 Å². The Bertz CT molecular complexity index is 497.